The summed E-state index contributed by atoms with van der Waals surface area (Å²) in [6.45, 7) is 0. The van der Waals surface area contributed by atoms with Gasteiger partial charge < -0.3 is 0 Å². The third-order valence-electron chi connectivity index (χ3n) is 1.18. The Labute approximate surface area is 66.7 Å². The molecule has 0 N–H and O–H groups in total. The first-order chi connectivity index (χ1) is 5.61. The molecule has 0 aliphatic heterocycles. The van der Waals surface area contributed by atoms with E-state index < -0.39 is 9.85 Å². The summed E-state index contributed by atoms with van der Waals surface area (Å²) in [6.07, 6.45) is 0. The van der Waals surface area contributed by atoms with Crippen molar-refractivity contribution in [1.82, 2.24) is 0 Å². The van der Waals surface area contributed by atoms with Crippen LogP contribution in [0.15, 0.2) is 18.2 Å². The second-order valence-corrected chi connectivity index (χ2v) is 1.96. The highest BCUT2D eigenvalue weighted by molar-refractivity contribution is 5.41. The smallest absolute Gasteiger partial charge is 0.258 e. The Morgan fingerprint density at radius 2 is 1.50 bits per heavy atom. The van der Waals surface area contributed by atoms with E-state index in [9.17, 15) is 20.2 Å². The van der Waals surface area contributed by atoms with E-state index in [0.29, 0.717) is 0 Å². The molecule has 1 radical (unpaired) electrons. The third-order valence-corrected chi connectivity index (χ3v) is 1.18. The van der Waals surface area contributed by atoms with E-state index >= 15 is 0 Å². The molecule has 0 aliphatic carbocycles. The second-order valence-electron chi connectivity index (χ2n) is 1.96. The van der Waals surface area contributed by atoms with Crippen LogP contribution >= 0.6 is 0 Å². The quantitative estimate of drug-likeness (QED) is 0.490. The summed E-state index contributed by atoms with van der Waals surface area (Å²) in [6, 6.07) is 5.35. The molecule has 0 spiro atoms. The van der Waals surface area contributed by atoms with Crippen molar-refractivity contribution in [2.45, 2.75) is 0 Å². The van der Waals surface area contributed by atoms with Gasteiger partial charge in [0.1, 0.15) is 0 Å². The van der Waals surface area contributed by atoms with E-state index in [1.807, 2.05) is 0 Å². The van der Waals surface area contributed by atoms with Crippen LogP contribution in [0.2, 0.25) is 0 Å². The van der Waals surface area contributed by atoms with E-state index in [1.54, 1.807) is 0 Å². The van der Waals surface area contributed by atoms with Crippen LogP contribution in [0.4, 0.5) is 11.4 Å². The summed E-state index contributed by atoms with van der Waals surface area (Å²) in [5, 5.41) is 20.3. The van der Waals surface area contributed by atoms with E-state index in [1.165, 1.54) is 0 Å². The summed E-state index contributed by atoms with van der Waals surface area (Å²) < 4.78 is 0. The fourth-order valence-electron chi connectivity index (χ4n) is 0.658. The highest BCUT2D eigenvalue weighted by Crippen LogP contribution is 2.17. The molecule has 1 aromatic carbocycles. The minimum absolute atomic E-state index is 0.329. The zero-order valence-electron chi connectivity index (χ0n) is 5.76. The molecule has 0 saturated heterocycles. The third kappa shape index (κ3) is 1.54. The van der Waals surface area contributed by atoms with Crippen LogP contribution in [0, 0.1) is 26.3 Å². The first-order valence-electron chi connectivity index (χ1n) is 2.91. The topological polar surface area (TPSA) is 86.3 Å². The lowest BCUT2D eigenvalue weighted by Crippen LogP contribution is -1.91. The minimum Gasteiger partial charge on any atom is -0.258 e. The number of benzene rings is 1. The molecule has 1 rings (SSSR count). The van der Waals surface area contributed by atoms with Crippen LogP contribution in [0.25, 0.3) is 0 Å². The van der Waals surface area contributed by atoms with Gasteiger partial charge in [0.15, 0.2) is 0 Å². The van der Waals surface area contributed by atoms with Crippen molar-refractivity contribution in [2.24, 2.45) is 0 Å². The lowest BCUT2D eigenvalue weighted by atomic mass is 10.3. The van der Waals surface area contributed by atoms with Gasteiger partial charge in [-0.15, -0.1) is 0 Å². The summed E-state index contributed by atoms with van der Waals surface area (Å²) >= 11 is 0. The Kier molecular flexibility index (Phi) is 2.00. The van der Waals surface area contributed by atoms with Gasteiger partial charge in [-0.2, -0.15) is 0 Å². The van der Waals surface area contributed by atoms with Crippen molar-refractivity contribution in [2.75, 3.05) is 0 Å². The molecule has 0 saturated carbocycles. The van der Waals surface area contributed by atoms with Crippen molar-refractivity contribution in [3.05, 3.63) is 44.5 Å². The largest absolute Gasteiger partial charge is 0.276 e. The van der Waals surface area contributed by atoms with Crippen molar-refractivity contribution in [3.63, 3.8) is 0 Å². The Morgan fingerprint density at radius 3 is 1.83 bits per heavy atom. The van der Waals surface area contributed by atoms with E-state index in [4.69, 9.17) is 0 Å². The molecule has 0 aliphatic rings. The number of rotatable bonds is 2. The fraction of sp³-hybridized carbons (Fsp3) is 0. The van der Waals surface area contributed by atoms with Crippen LogP contribution in [0.5, 0.6) is 0 Å². The normalized spacial score (nSPS) is 9.33. The number of nitro groups is 2. The molecule has 0 atom stereocenters. The highest BCUT2D eigenvalue weighted by atomic mass is 16.6. The molecule has 0 fully saturated rings. The van der Waals surface area contributed by atoms with Crippen molar-refractivity contribution in [1.29, 1.82) is 0 Å². The lowest BCUT2D eigenvalue weighted by molar-refractivity contribution is -0.394. The van der Waals surface area contributed by atoms with Gasteiger partial charge in [0.05, 0.1) is 15.9 Å². The molecule has 12 heavy (non-hydrogen) atoms. The van der Waals surface area contributed by atoms with Crippen molar-refractivity contribution >= 4 is 11.4 Å². The molecule has 61 valence electrons. The SMILES string of the molecule is O=[N+]([O-])c1c[c]cc([N+](=O)[O-])c1. The summed E-state index contributed by atoms with van der Waals surface area (Å²) in [5.74, 6) is 0. The van der Waals surface area contributed by atoms with Crippen LogP contribution < -0.4 is 0 Å². The first-order valence-corrected chi connectivity index (χ1v) is 2.91. The van der Waals surface area contributed by atoms with Gasteiger partial charge in [-0.3, -0.25) is 20.2 Å². The average molecular weight is 167 g/mol. The Bertz CT molecular complexity index is 307. The number of hydrogen-bond acceptors (Lipinski definition) is 4. The molecule has 0 aromatic heterocycles. The molecule has 0 unspecified atom stereocenters. The Morgan fingerprint density at radius 1 is 1.08 bits per heavy atom. The van der Waals surface area contributed by atoms with Crippen LogP contribution in [0.1, 0.15) is 0 Å². The number of non-ortho nitro benzene ring substituents is 2. The van der Waals surface area contributed by atoms with Gasteiger partial charge >= 0.3 is 0 Å². The first kappa shape index (κ1) is 8.12. The van der Waals surface area contributed by atoms with Crippen LogP contribution in [-0.4, -0.2) is 9.85 Å². The maximum atomic E-state index is 10.1. The average Bonchev–Trinajstić information content (AvgIpc) is 2.04. The maximum absolute atomic E-state index is 10.1. The van der Waals surface area contributed by atoms with Gasteiger partial charge in [-0.25, -0.2) is 0 Å². The predicted molar refractivity (Wildman–Crippen MR) is 38.6 cm³/mol. The Hall–Kier alpha value is -1.98. The molecule has 0 bridgehead atoms. The molecular weight excluding hydrogens is 164 g/mol. The standard InChI is InChI=1S/C6H3N2O4/c9-7(10)5-2-1-3-6(4-5)8(11)12/h2-4H. The van der Waals surface area contributed by atoms with Crippen molar-refractivity contribution in [3.8, 4) is 0 Å². The van der Waals surface area contributed by atoms with Gasteiger partial charge in [0.2, 0.25) is 0 Å². The van der Waals surface area contributed by atoms with E-state index in [-0.39, 0.29) is 11.4 Å². The highest BCUT2D eigenvalue weighted by Gasteiger charge is 2.11. The Balaban J connectivity index is 3.12. The van der Waals surface area contributed by atoms with Crippen LogP contribution in [0.3, 0.4) is 0 Å². The summed E-state index contributed by atoms with van der Waals surface area (Å²) in [4.78, 5) is 18.9. The fourth-order valence-corrected chi connectivity index (χ4v) is 0.658. The zero-order valence-corrected chi connectivity index (χ0v) is 5.76. The zero-order chi connectivity index (χ0) is 9.14. The monoisotopic (exact) mass is 167 g/mol. The molecule has 0 amide bonds. The molecule has 1 aromatic rings. The number of hydrogen-bond donors (Lipinski definition) is 0. The van der Waals surface area contributed by atoms with Gasteiger partial charge in [-0.05, 0) is 6.07 Å². The second kappa shape index (κ2) is 2.95. The van der Waals surface area contributed by atoms with E-state index in [0.717, 1.165) is 18.2 Å². The molecule has 6 heteroatoms. The summed E-state index contributed by atoms with van der Waals surface area (Å²) in [7, 11) is 0. The lowest BCUT2D eigenvalue weighted by Gasteiger charge is -1.90. The van der Waals surface area contributed by atoms with E-state index in [2.05, 4.69) is 6.07 Å². The van der Waals surface area contributed by atoms with Gasteiger partial charge in [-0.1, -0.05) is 0 Å². The molecular formula is C6H3N2O4. The summed E-state index contributed by atoms with van der Waals surface area (Å²) in [5.41, 5.74) is -0.659. The van der Waals surface area contributed by atoms with Gasteiger partial charge in [0.25, 0.3) is 11.4 Å². The van der Waals surface area contributed by atoms with Gasteiger partial charge in [0, 0.05) is 12.1 Å². The maximum Gasteiger partial charge on any atom is 0.276 e. The minimum atomic E-state index is -0.705. The predicted octanol–water partition coefficient (Wildman–Crippen LogP) is 1.30. The number of nitro benzene ring substituents is 2. The van der Waals surface area contributed by atoms with Crippen LogP contribution in [-0.2, 0) is 0 Å². The number of nitrogens with zero attached hydrogens (tertiary/aromatic N) is 2. The molecule has 0 heterocycles. The van der Waals surface area contributed by atoms with Crippen molar-refractivity contribution < 1.29 is 9.85 Å². The molecule has 6 nitrogen and oxygen atoms in total.